The number of hydrogen-bond acceptors (Lipinski definition) is 2. The van der Waals surface area contributed by atoms with Crippen LogP contribution in [0.5, 0.6) is 0 Å². The number of aryl methyl sites for hydroxylation is 1. The van der Waals surface area contributed by atoms with Gasteiger partial charge in [0.05, 0.1) is 11.4 Å². The Morgan fingerprint density at radius 3 is 2.37 bits per heavy atom. The summed E-state index contributed by atoms with van der Waals surface area (Å²) in [6, 6.07) is 24.3. The molecule has 2 heterocycles. The number of aromatic nitrogens is 2. The van der Waals surface area contributed by atoms with Crippen molar-refractivity contribution in [3.63, 3.8) is 0 Å². The number of anilines is 1. The first-order valence-corrected chi connectivity index (χ1v) is 9.91. The molecule has 148 valence electrons. The highest BCUT2D eigenvalue weighted by molar-refractivity contribution is 5.96. The van der Waals surface area contributed by atoms with Crippen LogP contribution < -0.4 is 5.32 Å². The Kier molecular flexibility index (Phi) is 4.43. The summed E-state index contributed by atoms with van der Waals surface area (Å²) in [5.41, 5.74) is 5.67. The van der Waals surface area contributed by atoms with Gasteiger partial charge in [-0.25, -0.2) is 9.07 Å². The lowest BCUT2D eigenvalue weighted by Gasteiger charge is -2.25. The van der Waals surface area contributed by atoms with E-state index in [0.29, 0.717) is 5.82 Å². The molecule has 5 rings (SSSR count). The minimum Gasteiger partial charge on any atom is -0.310 e. The van der Waals surface area contributed by atoms with E-state index in [1.165, 1.54) is 12.1 Å². The van der Waals surface area contributed by atoms with E-state index in [1.807, 2.05) is 61.5 Å². The fraction of sp³-hybridized carbons (Fsp3) is 0.120. The maximum absolute atomic E-state index is 13.5. The van der Waals surface area contributed by atoms with Gasteiger partial charge in [0.2, 0.25) is 5.91 Å². The van der Waals surface area contributed by atoms with Gasteiger partial charge in [-0.1, -0.05) is 60.2 Å². The molecule has 1 N–H and O–H groups in total. The minimum atomic E-state index is -0.294. The molecule has 0 fully saturated rings. The van der Waals surface area contributed by atoms with E-state index in [4.69, 9.17) is 5.10 Å². The Hall–Kier alpha value is -3.73. The molecule has 3 aromatic carbocycles. The van der Waals surface area contributed by atoms with Crippen molar-refractivity contribution in [1.29, 1.82) is 0 Å². The minimum absolute atomic E-state index is 0.0790. The molecule has 0 saturated heterocycles. The molecule has 1 aromatic heterocycles. The molecular weight excluding hydrogens is 377 g/mol. The summed E-state index contributed by atoms with van der Waals surface area (Å²) in [5.74, 6) is 0.0922. The van der Waals surface area contributed by atoms with E-state index in [0.717, 1.165) is 33.6 Å². The van der Waals surface area contributed by atoms with Crippen LogP contribution in [0.2, 0.25) is 0 Å². The number of carbonyl (C=O) groups is 1. The normalized spacial score (nSPS) is 15.5. The van der Waals surface area contributed by atoms with Crippen molar-refractivity contribution in [3.8, 4) is 16.9 Å². The van der Waals surface area contributed by atoms with E-state index in [-0.39, 0.29) is 24.1 Å². The second-order valence-corrected chi connectivity index (χ2v) is 7.58. The number of carbonyl (C=O) groups excluding carboxylic acids is 1. The first kappa shape index (κ1) is 18.3. The maximum Gasteiger partial charge on any atom is 0.226 e. The van der Waals surface area contributed by atoms with Gasteiger partial charge >= 0.3 is 0 Å². The van der Waals surface area contributed by atoms with Crippen LogP contribution in [-0.4, -0.2) is 15.7 Å². The van der Waals surface area contributed by atoms with E-state index in [2.05, 4.69) is 5.32 Å². The monoisotopic (exact) mass is 397 g/mol. The molecule has 0 aliphatic carbocycles. The van der Waals surface area contributed by atoms with Crippen LogP contribution >= 0.6 is 0 Å². The van der Waals surface area contributed by atoms with Gasteiger partial charge in [-0.05, 0) is 36.8 Å². The lowest BCUT2D eigenvalue weighted by Crippen LogP contribution is -2.24. The highest BCUT2D eigenvalue weighted by atomic mass is 19.1. The molecule has 4 aromatic rings. The quantitative estimate of drug-likeness (QED) is 0.499. The topological polar surface area (TPSA) is 46.9 Å². The van der Waals surface area contributed by atoms with Crippen molar-refractivity contribution in [2.45, 2.75) is 19.3 Å². The maximum atomic E-state index is 13.5. The molecule has 1 amide bonds. The SMILES string of the molecule is Cc1ccc(-n2nc(-c3ccccc3)c3c2NC(=O)CC3c2ccc(F)cc2)cc1. The van der Waals surface area contributed by atoms with Gasteiger partial charge < -0.3 is 5.32 Å². The second kappa shape index (κ2) is 7.26. The molecule has 0 spiro atoms. The average molecular weight is 397 g/mol. The number of fused-ring (bicyclic) bond motifs is 1. The fourth-order valence-electron chi connectivity index (χ4n) is 4.01. The van der Waals surface area contributed by atoms with Crippen LogP contribution in [0.25, 0.3) is 16.9 Å². The number of nitrogens with zero attached hydrogens (tertiary/aromatic N) is 2. The lowest BCUT2D eigenvalue weighted by molar-refractivity contribution is -0.116. The molecule has 0 radical (unpaired) electrons. The van der Waals surface area contributed by atoms with Gasteiger partial charge in [-0.3, -0.25) is 4.79 Å². The molecule has 4 nitrogen and oxygen atoms in total. The molecule has 1 aliphatic rings. The Balaban J connectivity index is 1.76. The lowest BCUT2D eigenvalue weighted by atomic mass is 9.84. The van der Waals surface area contributed by atoms with E-state index in [9.17, 15) is 9.18 Å². The number of amides is 1. The molecule has 0 saturated carbocycles. The summed E-state index contributed by atoms with van der Waals surface area (Å²) in [4.78, 5) is 12.6. The van der Waals surface area contributed by atoms with Crippen molar-refractivity contribution in [1.82, 2.24) is 9.78 Å². The van der Waals surface area contributed by atoms with Crippen LogP contribution in [0.15, 0.2) is 78.9 Å². The first-order valence-electron chi connectivity index (χ1n) is 9.91. The summed E-state index contributed by atoms with van der Waals surface area (Å²) >= 11 is 0. The standard InChI is InChI=1S/C25H20FN3O/c1-16-7-13-20(14-8-16)29-25-23(24(28-29)18-5-3-2-4-6-18)21(15-22(30)27-25)17-9-11-19(26)12-10-17/h2-14,21H,15H2,1H3,(H,27,30). The molecule has 5 heteroatoms. The summed E-state index contributed by atoms with van der Waals surface area (Å²) in [6.45, 7) is 2.03. The van der Waals surface area contributed by atoms with Crippen molar-refractivity contribution < 1.29 is 9.18 Å². The Bertz CT molecular complexity index is 1210. The van der Waals surface area contributed by atoms with Crippen molar-refractivity contribution >= 4 is 11.7 Å². The Morgan fingerprint density at radius 1 is 0.967 bits per heavy atom. The molecule has 1 aliphatic heterocycles. The van der Waals surface area contributed by atoms with Gasteiger partial charge in [0.25, 0.3) is 0 Å². The molecule has 0 bridgehead atoms. The second-order valence-electron chi connectivity index (χ2n) is 7.58. The Morgan fingerprint density at radius 2 is 1.67 bits per heavy atom. The van der Waals surface area contributed by atoms with E-state index >= 15 is 0 Å². The highest BCUT2D eigenvalue weighted by Crippen LogP contribution is 2.43. The summed E-state index contributed by atoms with van der Waals surface area (Å²) in [6.07, 6.45) is 0.290. The number of rotatable bonds is 3. The first-order chi connectivity index (χ1) is 14.6. The van der Waals surface area contributed by atoms with E-state index < -0.39 is 0 Å². The third kappa shape index (κ3) is 3.18. The summed E-state index contributed by atoms with van der Waals surface area (Å²) in [5, 5.41) is 7.95. The van der Waals surface area contributed by atoms with Gasteiger partial charge in [0.1, 0.15) is 11.6 Å². The smallest absolute Gasteiger partial charge is 0.226 e. The number of hydrogen-bond donors (Lipinski definition) is 1. The zero-order valence-corrected chi connectivity index (χ0v) is 16.5. The zero-order chi connectivity index (χ0) is 20.7. The van der Waals surface area contributed by atoms with Gasteiger partial charge in [-0.15, -0.1) is 0 Å². The van der Waals surface area contributed by atoms with Gasteiger partial charge in [0.15, 0.2) is 0 Å². The predicted molar refractivity (Wildman–Crippen MR) is 115 cm³/mol. The van der Waals surface area contributed by atoms with Gasteiger partial charge in [0, 0.05) is 23.5 Å². The average Bonchev–Trinajstić information content (AvgIpc) is 3.14. The van der Waals surface area contributed by atoms with Crippen molar-refractivity contribution in [2.75, 3.05) is 5.32 Å². The van der Waals surface area contributed by atoms with Gasteiger partial charge in [-0.2, -0.15) is 5.10 Å². The van der Waals surface area contributed by atoms with Crippen LogP contribution in [0, 0.1) is 12.7 Å². The van der Waals surface area contributed by atoms with E-state index in [1.54, 1.807) is 16.8 Å². The molecule has 1 unspecified atom stereocenters. The number of benzene rings is 3. The fourth-order valence-corrected chi connectivity index (χ4v) is 4.01. The third-order valence-corrected chi connectivity index (χ3v) is 5.52. The predicted octanol–water partition coefficient (Wildman–Crippen LogP) is 5.46. The molecular formula is C25H20FN3O. The van der Waals surface area contributed by atoms with Crippen LogP contribution in [0.4, 0.5) is 10.2 Å². The highest BCUT2D eigenvalue weighted by Gasteiger charge is 2.34. The van der Waals surface area contributed by atoms with Crippen LogP contribution in [-0.2, 0) is 4.79 Å². The summed E-state index contributed by atoms with van der Waals surface area (Å²) in [7, 11) is 0. The number of halogens is 1. The van der Waals surface area contributed by atoms with Crippen LogP contribution in [0.1, 0.15) is 29.0 Å². The molecule has 30 heavy (non-hydrogen) atoms. The van der Waals surface area contributed by atoms with Crippen LogP contribution in [0.3, 0.4) is 0 Å². The largest absolute Gasteiger partial charge is 0.310 e. The number of nitrogens with one attached hydrogen (secondary N) is 1. The summed E-state index contributed by atoms with van der Waals surface area (Å²) < 4.78 is 15.3. The molecule has 1 atom stereocenters. The zero-order valence-electron chi connectivity index (χ0n) is 16.5. The third-order valence-electron chi connectivity index (χ3n) is 5.52. The van der Waals surface area contributed by atoms with Crippen molar-refractivity contribution in [2.24, 2.45) is 0 Å². The van der Waals surface area contributed by atoms with Crippen molar-refractivity contribution in [3.05, 3.63) is 101 Å². The Labute approximate surface area is 174 Å².